The summed E-state index contributed by atoms with van der Waals surface area (Å²) in [5.74, 6) is 0. The summed E-state index contributed by atoms with van der Waals surface area (Å²) >= 11 is 0. The van der Waals surface area contributed by atoms with E-state index in [1.54, 1.807) is 14.1 Å². The normalized spacial score (nSPS) is 40.4. The Kier molecular flexibility index (Phi) is 3.76. The van der Waals surface area contributed by atoms with Crippen LogP contribution in [0.5, 0.6) is 0 Å². The van der Waals surface area contributed by atoms with Gasteiger partial charge in [0, 0.05) is 27.2 Å². The zero-order valence-corrected chi connectivity index (χ0v) is 10.7. The lowest BCUT2D eigenvalue weighted by Gasteiger charge is -2.43. The third-order valence-electron chi connectivity index (χ3n) is 3.79. The molecule has 2 amide bonds. The molecule has 0 bridgehead atoms. The summed E-state index contributed by atoms with van der Waals surface area (Å²) < 4.78 is 0. The van der Waals surface area contributed by atoms with Crippen LogP contribution in [0.3, 0.4) is 0 Å². The van der Waals surface area contributed by atoms with E-state index in [-0.39, 0.29) is 6.03 Å². The van der Waals surface area contributed by atoms with Crippen molar-refractivity contribution < 1.29 is 20.1 Å². The van der Waals surface area contributed by atoms with Crippen molar-refractivity contribution in [1.82, 2.24) is 15.1 Å². The van der Waals surface area contributed by atoms with Gasteiger partial charge in [-0.3, -0.25) is 4.90 Å². The number of nitrogens with zero attached hydrogens (tertiary/aromatic N) is 2. The van der Waals surface area contributed by atoms with Crippen LogP contribution in [-0.4, -0.2) is 88.7 Å². The lowest BCUT2D eigenvalue weighted by molar-refractivity contribution is -0.0995. The Bertz CT molecular complexity index is 325. The molecule has 104 valence electrons. The first-order valence-corrected chi connectivity index (χ1v) is 6.18. The molecule has 2 unspecified atom stereocenters. The van der Waals surface area contributed by atoms with Gasteiger partial charge < -0.3 is 25.5 Å². The lowest BCUT2D eigenvalue weighted by Crippen LogP contribution is -2.66. The van der Waals surface area contributed by atoms with Crippen molar-refractivity contribution >= 4 is 6.03 Å². The molecule has 2 aliphatic rings. The average molecular weight is 259 g/mol. The van der Waals surface area contributed by atoms with Gasteiger partial charge in [-0.2, -0.15) is 0 Å². The van der Waals surface area contributed by atoms with E-state index < -0.39 is 30.4 Å². The number of nitrogens with one attached hydrogen (secondary N) is 1. The number of aliphatic hydroxyl groups is 3. The summed E-state index contributed by atoms with van der Waals surface area (Å²) in [6.07, 6.45) is -2.12. The van der Waals surface area contributed by atoms with Crippen LogP contribution in [0, 0.1) is 0 Å². The summed E-state index contributed by atoms with van der Waals surface area (Å²) in [6, 6.07) is -1.24. The van der Waals surface area contributed by atoms with Crippen LogP contribution in [0.4, 0.5) is 4.79 Å². The number of carbonyl (C=O) groups excluding carboxylic acids is 1. The minimum Gasteiger partial charge on any atom is -0.391 e. The van der Waals surface area contributed by atoms with Crippen LogP contribution in [0.25, 0.3) is 0 Å². The Morgan fingerprint density at radius 3 is 2.56 bits per heavy atom. The van der Waals surface area contributed by atoms with Crippen molar-refractivity contribution in [2.75, 3.05) is 27.2 Å². The maximum Gasteiger partial charge on any atom is 0.317 e. The molecule has 0 aromatic heterocycles. The molecule has 0 spiro atoms. The smallest absolute Gasteiger partial charge is 0.317 e. The maximum absolute atomic E-state index is 11.6. The first kappa shape index (κ1) is 13.5. The molecule has 18 heavy (non-hydrogen) atoms. The average Bonchev–Trinajstić information content (AvgIpc) is 2.67. The number of urea groups is 1. The summed E-state index contributed by atoms with van der Waals surface area (Å²) in [7, 11) is 3.23. The van der Waals surface area contributed by atoms with Crippen LogP contribution < -0.4 is 5.32 Å². The first-order chi connectivity index (χ1) is 8.41. The van der Waals surface area contributed by atoms with E-state index in [4.69, 9.17) is 0 Å². The molecule has 4 N–H and O–H groups in total. The van der Waals surface area contributed by atoms with Crippen molar-refractivity contribution in [2.24, 2.45) is 0 Å². The standard InChI is InChI=1S/C11H21N3O4/c1-13(2)11(18)12-6-5-14-4-3-7(15)8(14)10(17)9(6)16/h6-10,15-17H,3-5H2,1-2H3,(H,12,18)/t6-,7-,8?,9?,10+/m0/s1. The van der Waals surface area contributed by atoms with Crippen LogP contribution in [-0.2, 0) is 0 Å². The highest BCUT2D eigenvalue weighted by Crippen LogP contribution is 2.28. The highest BCUT2D eigenvalue weighted by molar-refractivity contribution is 5.74. The van der Waals surface area contributed by atoms with E-state index in [9.17, 15) is 20.1 Å². The molecule has 0 radical (unpaired) electrons. The maximum atomic E-state index is 11.6. The third kappa shape index (κ3) is 2.31. The van der Waals surface area contributed by atoms with Crippen LogP contribution >= 0.6 is 0 Å². The second-order valence-corrected chi connectivity index (χ2v) is 5.27. The fraction of sp³-hybridized carbons (Fsp3) is 0.909. The van der Waals surface area contributed by atoms with Gasteiger partial charge in [-0.05, 0) is 6.42 Å². The molecule has 0 saturated carbocycles. The fourth-order valence-corrected chi connectivity index (χ4v) is 2.74. The summed E-state index contributed by atoms with van der Waals surface area (Å²) in [5, 5.41) is 32.5. The van der Waals surface area contributed by atoms with Gasteiger partial charge in [-0.15, -0.1) is 0 Å². The summed E-state index contributed by atoms with van der Waals surface area (Å²) in [4.78, 5) is 14.9. The number of piperidine rings is 1. The second kappa shape index (κ2) is 5.00. The second-order valence-electron chi connectivity index (χ2n) is 5.27. The Morgan fingerprint density at radius 2 is 1.94 bits per heavy atom. The van der Waals surface area contributed by atoms with Gasteiger partial charge in [0.05, 0.1) is 24.3 Å². The zero-order chi connectivity index (χ0) is 13.4. The highest BCUT2D eigenvalue weighted by Gasteiger charge is 2.48. The Labute approximate surface area is 106 Å². The van der Waals surface area contributed by atoms with Crippen molar-refractivity contribution in [2.45, 2.75) is 36.8 Å². The fourth-order valence-electron chi connectivity index (χ4n) is 2.74. The van der Waals surface area contributed by atoms with Crippen LogP contribution in [0.2, 0.25) is 0 Å². The van der Waals surface area contributed by atoms with Crippen molar-refractivity contribution in [1.29, 1.82) is 0 Å². The van der Waals surface area contributed by atoms with E-state index >= 15 is 0 Å². The number of carbonyl (C=O) groups is 1. The van der Waals surface area contributed by atoms with Gasteiger partial charge in [-0.25, -0.2) is 4.79 Å². The Balaban J connectivity index is 2.04. The van der Waals surface area contributed by atoms with Crippen LogP contribution in [0.1, 0.15) is 6.42 Å². The number of amides is 2. The van der Waals surface area contributed by atoms with Gasteiger partial charge in [0.1, 0.15) is 6.10 Å². The molecule has 5 atom stereocenters. The van der Waals surface area contributed by atoms with Crippen molar-refractivity contribution in [3.8, 4) is 0 Å². The largest absolute Gasteiger partial charge is 0.391 e. The van der Waals surface area contributed by atoms with Gasteiger partial charge >= 0.3 is 6.03 Å². The number of fused-ring (bicyclic) bond motifs is 1. The van der Waals surface area contributed by atoms with Gasteiger partial charge in [-0.1, -0.05) is 0 Å². The Morgan fingerprint density at radius 1 is 1.28 bits per heavy atom. The molecule has 2 fully saturated rings. The number of rotatable bonds is 1. The molecule has 7 heteroatoms. The number of hydrogen-bond donors (Lipinski definition) is 4. The minimum absolute atomic E-state index is 0.301. The molecule has 0 aromatic rings. The molecule has 2 saturated heterocycles. The summed E-state index contributed by atoms with van der Waals surface area (Å²) in [6.45, 7) is 1.11. The van der Waals surface area contributed by atoms with Crippen molar-refractivity contribution in [3.63, 3.8) is 0 Å². The van der Waals surface area contributed by atoms with E-state index in [2.05, 4.69) is 5.32 Å². The molecule has 7 nitrogen and oxygen atoms in total. The van der Waals surface area contributed by atoms with Gasteiger partial charge in [0.2, 0.25) is 0 Å². The molecule has 2 heterocycles. The molecule has 0 aromatic carbocycles. The predicted octanol–water partition coefficient (Wildman–Crippen LogP) is -2.20. The predicted molar refractivity (Wildman–Crippen MR) is 64.0 cm³/mol. The SMILES string of the molecule is CN(C)C(=O)N[C@H]1CN2CC[C@H](O)C2[C@@H](O)C1O. The van der Waals surface area contributed by atoms with E-state index in [0.29, 0.717) is 19.5 Å². The topological polar surface area (TPSA) is 96.3 Å². The van der Waals surface area contributed by atoms with Gasteiger partial charge in [0.15, 0.2) is 0 Å². The third-order valence-corrected chi connectivity index (χ3v) is 3.79. The quantitative estimate of drug-likeness (QED) is 0.428. The monoisotopic (exact) mass is 259 g/mol. The molecular weight excluding hydrogens is 238 g/mol. The first-order valence-electron chi connectivity index (χ1n) is 6.18. The number of aliphatic hydroxyl groups excluding tert-OH is 3. The van der Waals surface area contributed by atoms with Crippen molar-refractivity contribution in [3.05, 3.63) is 0 Å². The van der Waals surface area contributed by atoms with E-state index in [0.717, 1.165) is 0 Å². The summed E-state index contributed by atoms with van der Waals surface area (Å²) in [5.41, 5.74) is 0. The molecular formula is C11H21N3O4. The van der Waals surface area contributed by atoms with E-state index in [1.165, 1.54) is 4.90 Å². The van der Waals surface area contributed by atoms with Crippen LogP contribution in [0.15, 0.2) is 0 Å². The van der Waals surface area contributed by atoms with E-state index in [1.807, 2.05) is 4.90 Å². The Hall–Kier alpha value is -0.890. The minimum atomic E-state index is -1.05. The molecule has 0 aliphatic carbocycles. The lowest BCUT2D eigenvalue weighted by atomic mass is 9.91. The zero-order valence-electron chi connectivity index (χ0n) is 10.7. The highest BCUT2D eigenvalue weighted by atomic mass is 16.3. The molecule has 2 rings (SSSR count). The van der Waals surface area contributed by atoms with Gasteiger partial charge in [0.25, 0.3) is 0 Å². The number of hydrogen-bond acceptors (Lipinski definition) is 5. The molecule has 2 aliphatic heterocycles.